The van der Waals surface area contributed by atoms with E-state index in [2.05, 4.69) is 16.7 Å². The summed E-state index contributed by atoms with van der Waals surface area (Å²) in [7, 11) is 0. The molecule has 0 aliphatic rings. The molecule has 1 heterocycles. The first kappa shape index (κ1) is 13.6. The number of halogens is 2. The SMILES string of the molecule is C=C(Cl)Cc1ncc(/C=N/N)n1-c1ccc(Cl)cc1. The molecule has 2 aromatic rings. The van der Waals surface area contributed by atoms with Crippen LogP contribution in [-0.2, 0) is 6.42 Å². The zero-order chi connectivity index (χ0) is 13.8. The molecule has 0 saturated carbocycles. The van der Waals surface area contributed by atoms with Gasteiger partial charge in [0, 0.05) is 22.2 Å². The summed E-state index contributed by atoms with van der Waals surface area (Å²) >= 11 is 11.7. The second-order valence-corrected chi connectivity index (χ2v) is 4.85. The van der Waals surface area contributed by atoms with Crippen molar-refractivity contribution in [3.8, 4) is 5.69 Å². The van der Waals surface area contributed by atoms with Gasteiger partial charge in [-0.2, -0.15) is 5.10 Å². The van der Waals surface area contributed by atoms with Crippen molar-refractivity contribution < 1.29 is 0 Å². The van der Waals surface area contributed by atoms with E-state index < -0.39 is 0 Å². The minimum absolute atomic E-state index is 0.461. The second kappa shape index (κ2) is 5.91. The summed E-state index contributed by atoms with van der Waals surface area (Å²) < 4.78 is 1.90. The van der Waals surface area contributed by atoms with Gasteiger partial charge in [-0.25, -0.2) is 4.98 Å². The number of hydrogen-bond acceptors (Lipinski definition) is 3. The molecule has 0 spiro atoms. The Morgan fingerprint density at radius 2 is 2.11 bits per heavy atom. The van der Waals surface area contributed by atoms with Crippen molar-refractivity contribution in [2.75, 3.05) is 0 Å². The van der Waals surface area contributed by atoms with Crippen molar-refractivity contribution in [2.24, 2.45) is 10.9 Å². The predicted octanol–water partition coefficient (Wildman–Crippen LogP) is 3.11. The number of rotatable bonds is 4. The number of nitrogens with zero attached hydrogens (tertiary/aromatic N) is 3. The minimum atomic E-state index is 0.461. The van der Waals surface area contributed by atoms with Crippen molar-refractivity contribution >= 4 is 29.4 Å². The Morgan fingerprint density at radius 3 is 2.68 bits per heavy atom. The lowest BCUT2D eigenvalue weighted by atomic mass is 10.3. The maximum absolute atomic E-state index is 5.89. The first-order chi connectivity index (χ1) is 9.11. The first-order valence-electron chi connectivity index (χ1n) is 5.51. The fourth-order valence-electron chi connectivity index (χ4n) is 1.76. The van der Waals surface area contributed by atoms with Crippen LogP contribution in [0.15, 0.2) is 47.2 Å². The van der Waals surface area contributed by atoms with Crippen LogP contribution in [0, 0.1) is 0 Å². The van der Waals surface area contributed by atoms with Crippen LogP contribution in [0.25, 0.3) is 5.69 Å². The number of imidazole rings is 1. The summed E-state index contributed by atoms with van der Waals surface area (Å²) in [6, 6.07) is 7.38. The van der Waals surface area contributed by atoms with Gasteiger partial charge in [-0.05, 0) is 24.3 Å². The Bertz CT molecular complexity index is 614. The minimum Gasteiger partial charge on any atom is -0.323 e. The van der Waals surface area contributed by atoms with Gasteiger partial charge in [0.1, 0.15) is 5.82 Å². The molecule has 1 aromatic carbocycles. The third-order valence-electron chi connectivity index (χ3n) is 2.50. The second-order valence-electron chi connectivity index (χ2n) is 3.88. The van der Waals surface area contributed by atoms with Gasteiger partial charge in [0.25, 0.3) is 0 Å². The number of hydrazone groups is 1. The molecule has 1 aromatic heterocycles. The van der Waals surface area contributed by atoms with E-state index in [-0.39, 0.29) is 0 Å². The van der Waals surface area contributed by atoms with Crippen LogP contribution in [-0.4, -0.2) is 15.8 Å². The largest absolute Gasteiger partial charge is 0.323 e. The molecule has 0 bridgehead atoms. The van der Waals surface area contributed by atoms with Crippen LogP contribution in [0.2, 0.25) is 5.02 Å². The molecule has 0 aliphatic heterocycles. The quantitative estimate of drug-likeness (QED) is 0.535. The summed E-state index contributed by atoms with van der Waals surface area (Å²) in [6.45, 7) is 3.69. The Morgan fingerprint density at radius 1 is 1.42 bits per heavy atom. The monoisotopic (exact) mass is 294 g/mol. The van der Waals surface area contributed by atoms with Gasteiger partial charge in [-0.1, -0.05) is 29.8 Å². The van der Waals surface area contributed by atoms with Crippen LogP contribution >= 0.6 is 23.2 Å². The summed E-state index contributed by atoms with van der Waals surface area (Å²) in [4.78, 5) is 4.31. The van der Waals surface area contributed by atoms with E-state index in [0.29, 0.717) is 16.5 Å². The van der Waals surface area contributed by atoms with Crippen LogP contribution < -0.4 is 5.84 Å². The van der Waals surface area contributed by atoms with E-state index in [1.54, 1.807) is 18.3 Å². The zero-order valence-corrected chi connectivity index (χ0v) is 11.6. The van der Waals surface area contributed by atoms with Gasteiger partial charge in [0.2, 0.25) is 0 Å². The lowest BCUT2D eigenvalue weighted by Crippen LogP contribution is -2.05. The fourth-order valence-corrected chi connectivity index (χ4v) is 2.00. The van der Waals surface area contributed by atoms with Crippen molar-refractivity contribution in [3.63, 3.8) is 0 Å². The van der Waals surface area contributed by atoms with Crippen molar-refractivity contribution in [1.29, 1.82) is 0 Å². The van der Waals surface area contributed by atoms with E-state index in [1.165, 1.54) is 6.21 Å². The Labute approximate surface area is 121 Å². The summed E-state index contributed by atoms with van der Waals surface area (Å²) in [6.07, 6.45) is 3.67. The molecular formula is C13H12Cl2N4. The molecule has 0 fully saturated rings. The van der Waals surface area contributed by atoms with E-state index in [4.69, 9.17) is 29.0 Å². The molecule has 0 aliphatic carbocycles. The molecular weight excluding hydrogens is 283 g/mol. The Balaban J connectivity index is 2.53. The topological polar surface area (TPSA) is 56.2 Å². The number of benzene rings is 1. The molecule has 2 N–H and O–H groups in total. The highest BCUT2D eigenvalue weighted by atomic mass is 35.5. The molecule has 0 unspecified atom stereocenters. The molecule has 2 rings (SSSR count). The molecule has 0 amide bonds. The van der Waals surface area contributed by atoms with Crippen LogP contribution in [0.1, 0.15) is 11.5 Å². The van der Waals surface area contributed by atoms with E-state index in [0.717, 1.165) is 17.2 Å². The molecule has 0 radical (unpaired) electrons. The van der Waals surface area contributed by atoms with Crippen LogP contribution in [0.3, 0.4) is 0 Å². The van der Waals surface area contributed by atoms with E-state index in [9.17, 15) is 0 Å². The highest BCUT2D eigenvalue weighted by Gasteiger charge is 2.11. The van der Waals surface area contributed by atoms with Gasteiger partial charge in [0.15, 0.2) is 0 Å². The molecule has 4 nitrogen and oxygen atoms in total. The average molecular weight is 295 g/mol. The average Bonchev–Trinajstić information content (AvgIpc) is 2.73. The smallest absolute Gasteiger partial charge is 0.119 e. The van der Waals surface area contributed by atoms with Gasteiger partial charge in [-0.3, -0.25) is 4.57 Å². The van der Waals surface area contributed by atoms with Gasteiger partial charge >= 0.3 is 0 Å². The predicted molar refractivity (Wildman–Crippen MR) is 79.1 cm³/mol. The van der Waals surface area contributed by atoms with Gasteiger partial charge in [-0.15, -0.1) is 0 Å². The lowest BCUT2D eigenvalue weighted by molar-refractivity contribution is 0.918. The van der Waals surface area contributed by atoms with E-state index in [1.807, 2.05) is 16.7 Å². The van der Waals surface area contributed by atoms with Crippen LogP contribution in [0.5, 0.6) is 0 Å². The van der Waals surface area contributed by atoms with Gasteiger partial charge < -0.3 is 5.84 Å². The molecule has 19 heavy (non-hydrogen) atoms. The fraction of sp³-hybridized carbons (Fsp3) is 0.0769. The zero-order valence-electron chi connectivity index (χ0n) is 10.1. The molecule has 0 atom stereocenters. The molecule has 98 valence electrons. The maximum atomic E-state index is 5.89. The summed E-state index contributed by atoms with van der Waals surface area (Å²) in [5.74, 6) is 5.97. The molecule has 0 saturated heterocycles. The third kappa shape index (κ3) is 3.16. The normalized spacial score (nSPS) is 11.1. The highest BCUT2D eigenvalue weighted by Crippen LogP contribution is 2.19. The third-order valence-corrected chi connectivity index (χ3v) is 2.89. The standard InChI is InChI=1S/C13H12Cl2N4/c1-9(14)6-13-17-7-12(8-18-16)19(13)11-4-2-10(15)3-5-11/h2-5,7-8H,1,6,16H2/b18-8+. The van der Waals surface area contributed by atoms with Crippen molar-refractivity contribution in [3.05, 3.63) is 58.6 Å². The lowest BCUT2D eigenvalue weighted by Gasteiger charge is -2.09. The number of allylic oxidation sites excluding steroid dienone is 1. The number of nitrogens with two attached hydrogens (primary N) is 1. The first-order valence-corrected chi connectivity index (χ1v) is 6.26. The Hall–Kier alpha value is -1.78. The maximum Gasteiger partial charge on any atom is 0.119 e. The number of aromatic nitrogens is 2. The van der Waals surface area contributed by atoms with Crippen molar-refractivity contribution in [1.82, 2.24) is 9.55 Å². The molecule has 6 heteroatoms. The van der Waals surface area contributed by atoms with Gasteiger partial charge in [0.05, 0.1) is 18.1 Å². The summed E-state index contributed by atoms with van der Waals surface area (Å²) in [5.41, 5.74) is 1.67. The van der Waals surface area contributed by atoms with Crippen molar-refractivity contribution in [2.45, 2.75) is 6.42 Å². The Kier molecular flexibility index (Phi) is 4.24. The van der Waals surface area contributed by atoms with E-state index >= 15 is 0 Å². The number of hydrogen-bond donors (Lipinski definition) is 1. The van der Waals surface area contributed by atoms with Crippen LogP contribution in [0.4, 0.5) is 0 Å². The summed E-state index contributed by atoms with van der Waals surface area (Å²) in [5, 5.41) is 4.71. The highest BCUT2D eigenvalue weighted by molar-refractivity contribution is 6.30.